The lowest BCUT2D eigenvalue weighted by molar-refractivity contribution is 0.404. The van der Waals surface area contributed by atoms with Gasteiger partial charge in [-0.2, -0.15) is 4.31 Å². The summed E-state index contributed by atoms with van der Waals surface area (Å²) < 4.78 is 42.5. The highest BCUT2D eigenvalue weighted by atomic mass is 32.2. The number of nitrogens with one attached hydrogen (secondary N) is 1. The molecule has 0 aliphatic heterocycles. The number of aromatic nitrogens is 1. The molecule has 0 spiro atoms. The van der Waals surface area contributed by atoms with Gasteiger partial charge >= 0.3 is 0 Å². The molecule has 3 aromatic carbocycles. The number of aryl methyl sites for hydroxylation is 2. The summed E-state index contributed by atoms with van der Waals surface area (Å²) in [5.41, 5.74) is 3.54. The summed E-state index contributed by atoms with van der Waals surface area (Å²) in [4.78, 5) is 15.4. The van der Waals surface area contributed by atoms with Gasteiger partial charge in [0.1, 0.15) is 10.7 Å². The number of aromatic amines is 1. The van der Waals surface area contributed by atoms with Crippen LogP contribution >= 0.6 is 0 Å². The first kappa shape index (κ1) is 22.9. The molecular formula is C26H25FN2O3S. The third-order valence-corrected chi connectivity index (χ3v) is 7.69. The van der Waals surface area contributed by atoms with Crippen LogP contribution in [0.4, 0.5) is 4.39 Å². The van der Waals surface area contributed by atoms with Crippen LogP contribution in [-0.2, 0) is 23.0 Å². The number of benzene rings is 3. The lowest BCUT2D eigenvalue weighted by Gasteiger charge is -2.23. The second-order valence-electron chi connectivity index (χ2n) is 8.12. The van der Waals surface area contributed by atoms with Crippen molar-refractivity contribution in [1.82, 2.24) is 9.29 Å². The fraction of sp³-hybridized carbons (Fsp3) is 0.192. The van der Waals surface area contributed by atoms with E-state index in [0.29, 0.717) is 12.0 Å². The second-order valence-corrected chi connectivity index (χ2v) is 10.0. The van der Waals surface area contributed by atoms with Crippen LogP contribution in [0.3, 0.4) is 0 Å². The molecule has 1 N–H and O–H groups in total. The molecule has 4 aromatic rings. The zero-order valence-electron chi connectivity index (χ0n) is 18.5. The Morgan fingerprint density at radius 1 is 0.909 bits per heavy atom. The van der Waals surface area contributed by atoms with Crippen molar-refractivity contribution in [2.45, 2.75) is 31.7 Å². The van der Waals surface area contributed by atoms with Crippen LogP contribution in [0.5, 0.6) is 0 Å². The van der Waals surface area contributed by atoms with Crippen LogP contribution in [0.25, 0.3) is 10.9 Å². The molecule has 5 nitrogen and oxygen atoms in total. The van der Waals surface area contributed by atoms with E-state index in [4.69, 9.17) is 0 Å². The normalized spacial score (nSPS) is 11.9. The maximum absolute atomic E-state index is 14.5. The number of sulfonamides is 1. The zero-order chi connectivity index (χ0) is 23.6. The summed E-state index contributed by atoms with van der Waals surface area (Å²) in [5.74, 6) is -0.818. The molecule has 0 fully saturated rings. The van der Waals surface area contributed by atoms with Crippen molar-refractivity contribution in [1.29, 1.82) is 0 Å². The van der Waals surface area contributed by atoms with Crippen LogP contribution in [0.2, 0.25) is 0 Å². The lowest BCUT2D eigenvalue weighted by Crippen LogP contribution is -2.35. The summed E-state index contributed by atoms with van der Waals surface area (Å²) in [7, 11) is -4.18. The van der Waals surface area contributed by atoms with E-state index in [0.717, 1.165) is 33.7 Å². The maximum atomic E-state index is 14.5. The van der Waals surface area contributed by atoms with Gasteiger partial charge in [-0.3, -0.25) is 4.79 Å². The highest BCUT2D eigenvalue weighted by Gasteiger charge is 2.28. The van der Waals surface area contributed by atoms with Gasteiger partial charge in [-0.25, -0.2) is 12.8 Å². The van der Waals surface area contributed by atoms with Gasteiger partial charge < -0.3 is 4.98 Å². The molecule has 0 saturated carbocycles. The fourth-order valence-electron chi connectivity index (χ4n) is 3.90. The van der Waals surface area contributed by atoms with Crippen molar-refractivity contribution in [3.8, 4) is 0 Å². The number of fused-ring (bicyclic) bond motifs is 1. The van der Waals surface area contributed by atoms with Crippen molar-refractivity contribution in [3.05, 3.63) is 111 Å². The standard InChI is InChI=1S/C26H25FN2O3S/c1-18-12-13-19(2)25-22(18)16-21(26(30)28-25)17-29(15-14-20-8-4-3-5-9-20)33(31,32)24-11-7-6-10-23(24)27/h3-13,16H,14-15,17H2,1-2H3,(H,28,30). The number of nitrogens with zero attached hydrogens (tertiary/aromatic N) is 1. The van der Waals surface area contributed by atoms with E-state index < -0.39 is 20.7 Å². The summed E-state index contributed by atoms with van der Waals surface area (Å²) in [6, 6.07) is 20.4. The third kappa shape index (κ3) is 4.74. The Morgan fingerprint density at radius 3 is 2.30 bits per heavy atom. The molecule has 1 heterocycles. The van der Waals surface area contributed by atoms with E-state index in [1.807, 2.05) is 56.3 Å². The van der Waals surface area contributed by atoms with E-state index in [1.165, 1.54) is 22.5 Å². The molecule has 7 heteroatoms. The quantitative estimate of drug-likeness (QED) is 0.430. The van der Waals surface area contributed by atoms with Gasteiger partial charge in [-0.05, 0) is 55.2 Å². The monoisotopic (exact) mass is 464 g/mol. The molecule has 4 rings (SSSR count). The van der Waals surface area contributed by atoms with E-state index in [-0.39, 0.29) is 18.6 Å². The maximum Gasteiger partial charge on any atom is 0.252 e. The van der Waals surface area contributed by atoms with Gasteiger partial charge in [0.25, 0.3) is 5.56 Å². The van der Waals surface area contributed by atoms with Crippen molar-refractivity contribution >= 4 is 20.9 Å². The first-order valence-electron chi connectivity index (χ1n) is 10.7. The molecule has 33 heavy (non-hydrogen) atoms. The first-order valence-corrected chi connectivity index (χ1v) is 12.1. The molecule has 0 saturated heterocycles. The van der Waals surface area contributed by atoms with Crippen molar-refractivity contribution in [2.75, 3.05) is 6.54 Å². The molecule has 170 valence electrons. The number of H-pyrrole nitrogens is 1. The highest BCUT2D eigenvalue weighted by Crippen LogP contribution is 2.24. The third-order valence-electron chi connectivity index (χ3n) is 5.81. The van der Waals surface area contributed by atoms with Gasteiger partial charge in [0.15, 0.2) is 0 Å². The SMILES string of the molecule is Cc1ccc(C)c2[nH]c(=O)c(CN(CCc3ccccc3)S(=O)(=O)c3ccccc3F)cc12. The minimum Gasteiger partial charge on any atom is -0.321 e. The number of halogens is 1. The van der Waals surface area contributed by atoms with Crippen LogP contribution in [0.1, 0.15) is 22.3 Å². The van der Waals surface area contributed by atoms with Crippen molar-refractivity contribution < 1.29 is 12.8 Å². The number of hydrogen-bond acceptors (Lipinski definition) is 3. The smallest absolute Gasteiger partial charge is 0.252 e. The predicted molar refractivity (Wildman–Crippen MR) is 128 cm³/mol. The summed E-state index contributed by atoms with van der Waals surface area (Å²) >= 11 is 0. The van der Waals surface area contributed by atoms with Gasteiger partial charge in [0.05, 0.1) is 5.52 Å². The Morgan fingerprint density at radius 2 is 1.58 bits per heavy atom. The molecule has 0 unspecified atom stereocenters. The molecule has 0 aliphatic carbocycles. The Hall–Kier alpha value is -3.29. The van der Waals surface area contributed by atoms with Crippen LogP contribution in [0, 0.1) is 19.7 Å². The van der Waals surface area contributed by atoms with Crippen molar-refractivity contribution in [3.63, 3.8) is 0 Å². The van der Waals surface area contributed by atoms with Gasteiger partial charge in [-0.15, -0.1) is 0 Å². The van der Waals surface area contributed by atoms with Crippen LogP contribution in [-0.4, -0.2) is 24.3 Å². The summed E-state index contributed by atoms with van der Waals surface area (Å²) in [5, 5.41) is 0.857. The molecule has 0 bridgehead atoms. The van der Waals surface area contributed by atoms with E-state index >= 15 is 0 Å². The predicted octanol–water partition coefficient (Wildman–Crippen LogP) is 4.72. The van der Waals surface area contributed by atoms with E-state index in [9.17, 15) is 17.6 Å². The highest BCUT2D eigenvalue weighted by molar-refractivity contribution is 7.89. The average molecular weight is 465 g/mol. The topological polar surface area (TPSA) is 70.2 Å². The number of rotatable bonds is 7. The second kappa shape index (κ2) is 9.29. The molecule has 0 atom stereocenters. The van der Waals surface area contributed by atoms with Crippen LogP contribution < -0.4 is 5.56 Å². The van der Waals surface area contributed by atoms with Gasteiger partial charge in [0, 0.05) is 24.0 Å². The average Bonchev–Trinajstić information content (AvgIpc) is 2.80. The first-order chi connectivity index (χ1) is 15.8. The molecule has 1 aromatic heterocycles. The molecule has 0 aliphatic rings. The minimum atomic E-state index is -4.18. The lowest BCUT2D eigenvalue weighted by atomic mass is 10.0. The largest absolute Gasteiger partial charge is 0.321 e. The summed E-state index contributed by atoms with van der Waals surface area (Å²) in [6.07, 6.45) is 0.429. The molecular weight excluding hydrogens is 439 g/mol. The van der Waals surface area contributed by atoms with Gasteiger partial charge in [-0.1, -0.05) is 54.6 Å². The number of hydrogen-bond donors (Lipinski definition) is 1. The van der Waals surface area contributed by atoms with E-state index in [1.54, 1.807) is 6.07 Å². The Kier molecular flexibility index (Phi) is 6.44. The molecule has 0 radical (unpaired) electrons. The Balaban J connectivity index is 1.77. The fourth-order valence-corrected chi connectivity index (χ4v) is 5.39. The van der Waals surface area contributed by atoms with E-state index in [2.05, 4.69) is 4.98 Å². The van der Waals surface area contributed by atoms with Crippen molar-refractivity contribution in [2.24, 2.45) is 0 Å². The Bertz CT molecular complexity index is 1460. The van der Waals surface area contributed by atoms with Gasteiger partial charge in [0.2, 0.25) is 10.0 Å². The molecule has 0 amide bonds. The minimum absolute atomic E-state index is 0.102. The number of pyridine rings is 1. The Labute approximate surface area is 192 Å². The van der Waals surface area contributed by atoms with Crippen LogP contribution in [0.15, 0.2) is 82.5 Å². The zero-order valence-corrected chi connectivity index (χ0v) is 19.3. The summed E-state index contributed by atoms with van der Waals surface area (Å²) in [6.45, 7) is 3.78.